The molecular formula is C12H25NOS. The Morgan fingerprint density at radius 1 is 1.33 bits per heavy atom. The van der Waals surface area contributed by atoms with E-state index in [0.717, 1.165) is 12.2 Å². The summed E-state index contributed by atoms with van der Waals surface area (Å²) in [7, 11) is 0.177. The van der Waals surface area contributed by atoms with Crippen molar-refractivity contribution in [3.63, 3.8) is 0 Å². The van der Waals surface area contributed by atoms with E-state index in [0.29, 0.717) is 11.8 Å². The minimum Gasteiger partial charge on any atom is -0.305 e. The SMILES string of the molecule is C=S(C)CCC(NC(C)C)C(=O)C(C)C. The molecule has 2 unspecified atom stereocenters. The number of hydrogen-bond acceptors (Lipinski definition) is 2. The molecule has 90 valence electrons. The summed E-state index contributed by atoms with van der Waals surface area (Å²) in [6.45, 7) is 8.09. The quantitative estimate of drug-likeness (QED) is 0.681. The fourth-order valence-corrected chi connectivity index (χ4v) is 2.07. The zero-order valence-electron chi connectivity index (χ0n) is 10.7. The molecule has 0 fully saturated rings. The average molecular weight is 231 g/mol. The van der Waals surface area contributed by atoms with Gasteiger partial charge >= 0.3 is 0 Å². The van der Waals surface area contributed by atoms with Crippen LogP contribution in [0.1, 0.15) is 34.1 Å². The van der Waals surface area contributed by atoms with Gasteiger partial charge in [-0.25, -0.2) is 0 Å². The molecule has 0 saturated heterocycles. The summed E-state index contributed by atoms with van der Waals surface area (Å²) in [5, 5.41) is 3.34. The molecule has 0 aliphatic heterocycles. The minimum absolute atomic E-state index is 0.0155. The first kappa shape index (κ1) is 14.8. The van der Waals surface area contributed by atoms with E-state index >= 15 is 0 Å². The van der Waals surface area contributed by atoms with E-state index in [1.165, 1.54) is 0 Å². The summed E-state index contributed by atoms with van der Waals surface area (Å²) in [5.41, 5.74) is 0. The van der Waals surface area contributed by atoms with Crippen LogP contribution in [0.25, 0.3) is 0 Å². The smallest absolute Gasteiger partial charge is 0.152 e. The van der Waals surface area contributed by atoms with Crippen molar-refractivity contribution in [2.75, 3.05) is 12.0 Å². The van der Waals surface area contributed by atoms with Crippen LogP contribution in [0, 0.1) is 5.92 Å². The summed E-state index contributed by atoms with van der Waals surface area (Å²) in [6, 6.07) is 0.378. The van der Waals surface area contributed by atoms with Gasteiger partial charge in [-0.3, -0.25) is 4.79 Å². The lowest BCUT2D eigenvalue weighted by Crippen LogP contribution is -2.43. The largest absolute Gasteiger partial charge is 0.305 e. The van der Waals surface area contributed by atoms with Crippen LogP contribution in [0.3, 0.4) is 0 Å². The predicted molar refractivity (Wildman–Crippen MR) is 72.0 cm³/mol. The van der Waals surface area contributed by atoms with Crippen molar-refractivity contribution < 1.29 is 4.79 Å². The molecule has 0 aromatic carbocycles. The molecule has 15 heavy (non-hydrogen) atoms. The highest BCUT2D eigenvalue weighted by atomic mass is 32.2. The van der Waals surface area contributed by atoms with E-state index in [-0.39, 0.29) is 22.4 Å². The van der Waals surface area contributed by atoms with E-state index in [1.54, 1.807) is 0 Å². The Bertz CT molecular complexity index is 224. The first-order valence-corrected chi connectivity index (χ1v) is 7.53. The van der Waals surface area contributed by atoms with Gasteiger partial charge < -0.3 is 5.32 Å². The molecule has 0 spiro atoms. The molecule has 1 N–H and O–H groups in total. The molecule has 0 bridgehead atoms. The van der Waals surface area contributed by atoms with Crippen LogP contribution in [0.4, 0.5) is 0 Å². The highest BCUT2D eigenvalue weighted by Crippen LogP contribution is 2.11. The van der Waals surface area contributed by atoms with Crippen molar-refractivity contribution in [1.29, 1.82) is 0 Å². The van der Waals surface area contributed by atoms with Crippen LogP contribution >= 0.6 is 10.5 Å². The van der Waals surface area contributed by atoms with Crippen LogP contribution in [-0.2, 0) is 4.79 Å². The van der Waals surface area contributed by atoms with Crippen LogP contribution in [0.15, 0.2) is 0 Å². The van der Waals surface area contributed by atoms with Gasteiger partial charge in [0.2, 0.25) is 0 Å². The molecule has 0 radical (unpaired) electrons. The Hall–Kier alpha value is -0.150. The highest BCUT2D eigenvalue weighted by molar-refractivity contribution is 8.13. The number of rotatable bonds is 7. The number of hydrogen-bond donors (Lipinski definition) is 1. The van der Waals surface area contributed by atoms with Crippen LogP contribution in [0.5, 0.6) is 0 Å². The fourth-order valence-electron chi connectivity index (χ4n) is 1.43. The lowest BCUT2D eigenvalue weighted by atomic mass is 9.99. The second-order valence-corrected chi connectivity index (χ2v) is 6.68. The van der Waals surface area contributed by atoms with Gasteiger partial charge in [-0.15, -0.1) is 0 Å². The first-order chi connectivity index (χ1) is 6.84. The van der Waals surface area contributed by atoms with Gasteiger partial charge in [0, 0.05) is 12.0 Å². The number of Topliss-reactive ketones (excluding diaryl/α,β-unsaturated/α-hetero) is 1. The van der Waals surface area contributed by atoms with Gasteiger partial charge in [-0.1, -0.05) is 33.6 Å². The third kappa shape index (κ3) is 6.85. The molecule has 0 aromatic rings. The summed E-state index contributed by atoms with van der Waals surface area (Å²) < 4.78 is 0. The Balaban J connectivity index is 4.30. The number of carbonyl (C=O) groups is 1. The normalized spacial score (nSPS) is 15.7. The van der Waals surface area contributed by atoms with E-state index in [4.69, 9.17) is 0 Å². The summed E-state index contributed by atoms with van der Waals surface area (Å²) >= 11 is 0. The summed E-state index contributed by atoms with van der Waals surface area (Å²) in [5.74, 6) is 5.46. The first-order valence-electron chi connectivity index (χ1n) is 5.56. The molecule has 0 amide bonds. The van der Waals surface area contributed by atoms with Crippen molar-refractivity contribution in [3.8, 4) is 0 Å². The lowest BCUT2D eigenvalue weighted by molar-refractivity contribution is -0.124. The standard InChI is InChI=1S/C12H25NOS/c1-9(2)12(14)11(13-10(3)4)7-8-15(5)6/h9-11,13H,5,7-8H2,1-4,6H3. The molecule has 0 saturated carbocycles. The summed E-state index contributed by atoms with van der Waals surface area (Å²) in [4.78, 5) is 11.9. The van der Waals surface area contributed by atoms with Gasteiger partial charge in [0.1, 0.15) is 0 Å². The molecule has 2 atom stereocenters. The maximum Gasteiger partial charge on any atom is 0.152 e. The molecule has 2 nitrogen and oxygen atoms in total. The van der Waals surface area contributed by atoms with E-state index in [9.17, 15) is 4.79 Å². The third-order valence-corrected chi connectivity index (χ3v) is 3.13. The maximum absolute atomic E-state index is 11.9. The second-order valence-electron chi connectivity index (χ2n) is 4.71. The van der Waals surface area contributed by atoms with E-state index < -0.39 is 0 Å². The van der Waals surface area contributed by atoms with Crippen molar-refractivity contribution in [2.45, 2.75) is 46.2 Å². The summed E-state index contributed by atoms with van der Waals surface area (Å²) in [6.07, 6.45) is 3.03. The molecule has 0 heterocycles. The van der Waals surface area contributed by atoms with Gasteiger partial charge in [0.25, 0.3) is 0 Å². The molecule has 0 aliphatic carbocycles. The Morgan fingerprint density at radius 3 is 2.20 bits per heavy atom. The average Bonchev–Trinajstić information content (AvgIpc) is 2.10. The molecule has 0 aromatic heterocycles. The minimum atomic E-state index is 0.0155. The van der Waals surface area contributed by atoms with Crippen LogP contribution in [0.2, 0.25) is 0 Å². The number of ketones is 1. The molecular weight excluding hydrogens is 206 g/mol. The predicted octanol–water partition coefficient (Wildman–Crippen LogP) is 2.30. The van der Waals surface area contributed by atoms with Crippen LogP contribution in [-0.4, -0.2) is 35.7 Å². The topological polar surface area (TPSA) is 29.1 Å². The molecule has 0 aliphatic rings. The molecule has 0 rings (SSSR count). The van der Waals surface area contributed by atoms with Crippen molar-refractivity contribution in [1.82, 2.24) is 5.32 Å². The van der Waals surface area contributed by atoms with Gasteiger partial charge in [-0.05, 0) is 18.4 Å². The van der Waals surface area contributed by atoms with E-state index in [2.05, 4.69) is 31.3 Å². The van der Waals surface area contributed by atoms with E-state index in [1.807, 2.05) is 13.8 Å². The fraction of sp³-hybridized carbons (Fsp3) is 0.833. The van der Waals surface area contributed by atoms with Crippen LogP contribution < -0.4 is 5.32 Å². The Morgan fingerprint density at radius 2 is 1.87 bits per heavy atom. The second kappa shape index (κ2) is 7.18. The number of nitrogens with one attached hydrogen (secondary N) is 1. The zero-order valence-corrected chi connectivity index (χ0v) is 11.5. The van der Waals surface area contributed by atoms with Gasteiger partial charge in [-0.2, -0.15) is 10.5 Å². The van der Waals surface area contributed by atoms with Gasteiger partial charge in [0.05, 0.1) is 6.04 Å². The lowest BCUT2D eigenvalue weighted by Gasteiger charge is -2.22. The van der Waals surface area contributed by atoms with Crippen molar-refractivity contribution in [2.24, 2.45) is 5.92 Å². The third-order valence-electron chi connectivity index (χ3n) is 2.20. The zero-order chi connectivity index (χ0) is 12.0. The highest BCUT2D eigenvalue weighted by Gasteiger charge is 2.20. The maximum atomic E-state index is 11.9. The number of carbonyl (C=O) groups excluding carboxylic acids is 1. The van der Waals surface area contributed by atoms with Crippen molar-refractivity contribution >= 4 is 22.1 Å². The monoisotopic (exact) mass is 231 g/mol. The Kier molecular flexibility index (Phi) is 7.11. The Labute approximate surface area is 96.8 Å². The molecule has 3 heteroatoms. The van der Waals surface area contributed by atoms with Gasteiger partial charge in [0.15, 0.2) is 5.78 Å². The van der Waals surface area contributed by atoms with Crippen molar-refractivity contribution in [3.05, 3.63) is 0 Å².